The lowest BCUT2D eigenvalue weighted by atomic mass is 10.1. The van der Waals surface area contributed by atoms with Gasteiger partial charge < -0.3 is 10.0 Å². The summed E-state index contributed by atoms with van der Waals surface area (Å²) in [6.07, 6.45) is 1.14. The van der Waals surface area contributed by atoms with Crippen molar-refractivity contribution in [3.63, 3.8) is 0 Å². The fourth-order valence-electron chi connectivity index (χ4n) is 2.96. The second-order valence-electron chi connectivity index (χ2n) is 6.07. The first-order chi connectivity index (χ1) is 11.6. The fourth-order valence-corrected chi connectivity index (χ4v) is 3.08. The molecule has 1 aliphatic rings. The summed E-state index contributed by atoms with van der Waals surface area (Å²) < 4.78 is 0. The van der Waals surface area contributed by atoms with Gasteiger partial charge in [0.1, 0.15) is 0 Å². The molecule has 0 aliphatic carbocycles. The average Bonchev–Trinajstić information content (AvgIpc) is 2.61. The third-order valence-corrected chi connectivity index (χ3v) is 4.47. The molecule has 2 amide bonds. The number of anilines is 1. The summed E-state index contributed by atoms with van der Waals surface area (Å²) in [4.78, 5) is 16.5. The lowest BCUT2D eigenvalue weighted by molar-refractivity contribution is 0.0862. The third kappa shape index (κ3) is 4.08. The Morgan fingerprint density at radius 3 is 2.54 bits per heavy atom. The van der Waals surface area contributed by atoms with Gasteiger partial charge in [0.25, 0.3) is 0 Å². The van der Waals surface area contributed by atoms with E-state index in [1.54, 1.807) is 21.9 Å². The van der Waals surface area contributed by atoms with Crippen molar-refractivity contribution in [1.82, 2.24) is 4.90 Å². The van der Waals surface area contributed by atoms with Crippen molar-refractivity contribution in [1.29, 1.82) is 0 Å². The Balaban J connectivity index is 1.86. The molecule has 126 valence electrons. The number of halogens is 1. The number of carbonyl (C=O) groups excluding carboxylic acids is 1. The van der Waals surface area contributed by atoms with Crippen molar-refractivity contribution < 1.29 is 9.90 Å². The number of aliphatic hydroxyl groups is 1. The quantitative estimate of drug-likeness (QED) is 0.917. The molecule has 1 atom stereocenters. The number of hydrogen-bond acceptors (Lipinski definition) is 2. The minimum absolute atomic E-state index is 0.0834. The molecule has 1 aliphatic heterocycles. The van der Waals surface area contributed by atoms with Gasteiger partial charge in [-0.05, 0) is 42.7 Å². The summed E-state index contributed by atoms with van der Waals surface area (Å²) in [7, 11) is 0. The summed E-state index contributed by atoms with van der Waals surface area (Å²) in [6, 6.07) is 17.1. The topological polar surface area (TPSA) is 43.8 Å². The molecule has 1 saturated heterocycles. The standard InChI is InChI=1S/C19H21ClN2O2/c20-16-8-10-17(11-9-16)22(13-15-5-2-1-3-6-15)19(24)21-12-4-7-18(23)14-21/h1-3,5-6,8-11,18,23H,4,7,12-14H2/t18-/m0/s1. The van der Waals surface area contributed by atoms with Crippen molar-refractivity contribution in [2.45, 2.75) is 25.5 Å². The highest BCUT2D eigenvalue weighted by Crippen LogP contribution is 2.23. The molecule has 2 aromatic rings. The van der Waals surface area contributed by atoms with E-state index in [9.17, 15) is 9.90 Å². The van der Waals surface area contributed by atoms with Crippen LogP contribution in [-0.4, -0.2) is 35.2 Å². The number of nitrogens with zero attached hydrogens (tertiary/aromatic N) is 2. The summed E-state index contributed by atoms with van der Waals surface area (Å²) in [5.41, 5.74) is 1.85. The number of β-amino-alcohol motifs (C(OH)–C–C–N with tert-alkyl or cyclic N) is 1. The van der Waals surface area contributed by atoms with E-state index >= 15 is 0 Å². The molecule has 0 bridgehead atoms. The minimum atomic E-state index is -0.438. The van der Waals surface area contributed by atoms with Gasteiger partial charge in [-0.15, -0.1) is 0 Å². The number of carbonyl (C=O) groups is 1. The van der Waals surface area contributed by atoms with E-state index in [2.05, 4.69) is 0 Å². The van der Waals surface area contributed by atoms with Gasteiger partial charge in [-0.25, -0.2) is 4.79 Å². The van der Waals surface area contributed by atoms with Gasteiger partial charge in [0.15, 0.2) is 0 Å². The summed E-state index contributed by atoms with van der Waals surface area (Å²) in [6.45, 7) is 1.54. The molecule has 3 rings (SSSR count). The third-order valence-electron chi connectivity index (χ3n) is 4.22. The second-order valence-corrected chi connectivity index (χ2v) is 6.51. The maximum absolute atomic E-state index is 13.0. The summed E-state index contributed by atoms with van der Waals surface area (Å²) in [5.74, 6) is 0. The number of rotatable bonds is 3. The molecule has 1 heterocycles. The Morgan fingerprint density at radius 1 is 1.17 bits per heavy atom. The van der Waals surface area contributed by atoms with E-state index in [-0.39, 0.29) is 6.03 Å². The highest BCUT2D eigenvalue weighted by atomic mass is 35.5. The van der Waals surface area contributed by atoms with Crippen molar-refractivity contribution >= 4 is 23.3 Å². The number of amides is 2. The Kier molecular flexibility index (Phi) is 5.38. The van der Waals surface area contributed by atoms with Crippen LogP contribution in [0.2, 0.25) is 5.02 Å². The van der Waals surface area contributed by atoms with E-state index in [4.69, 9.17) is 11.6 Å². The van der Waals surface area contributed by atoms with Crippen LogP contribution in [0.25, 0.3) is 0 Å². The Labute approximate surface area is 147 Å². The van der Waals surface area contributed by atoms with Crippen LogP contribution in [0.1, 0.15) is 18.4 Å². The zero-order chi connectivity index (χ0) is 16.9. The highest BCUT2D eigenvalue weighted by molar-refractivity contribution is 6.30. The molecular weight excluding hydrogens is 324 g/mol. The van der Waals surface area contributed by atoms with Gasteiger partial charge in [-0.3, -0.25) is 4.90 Å². The van der Waals surface area contributed by atoms with Crippen LogP contribution >= 0.6 is 11.6 Å². The lowest BCUT2D eigenvalue weighted by Crippen LogP contribution is -2.48. The van der Waals surface area contributed by atoms with Crippen molar-refractivity contribution in [3.8, 4) is 0 Å². The molecule has 2 aromatic carbocycles. The van der Waals surface area contributed by atoms with Gasteiger partial charge in [-0.2, -0.15) is 0 Å². The molecule has 0 unspecified atom stereocenters. The normalized spacial score (nSPS) is 17.6. The molecule has 0 radical (unpaired) electrons. The number of urea groups is 1. The minimum Gasteiger partial charge on any atom is -0.391 e. The number of likely N-dealkylation sites (tertiary alicyclic amines) is 1. The average molecular weight is 345 g/mol. The summed E-state index contributed by atoms with van der Waals surface area (Å²) in [5, 5.41) is 10.5. The van der Waals surface area contributed by atoms with E-state index in [0.717, 1.165) is 24.1 Å². The molecule has 0 spiro atoms. The first kappa shape index (κ1) is 16.8. The molecule has 24 heavy (non-hydrogen) atoms. The van der Waals surface area contributed by atoms with Crippen LogP contribution in [-0.2, 0) is 6.54 Å². The van der Waals surface area contributed by atoms with Crippen molar-refractivity contribution in [3.05, 3.63) is 65.2 Å². The molecule has 0 aromatic heterocycles. The lowest BCUT2D eigenvalue weighted by Gasteiger charge is -2.35. The van der Waals surface area contributed by atoms with Crippen molar-refractivity contribution in [2.24, 2.45) is 0 Å². The zero-order valence-corrected chi connectivity index (χ0v) is 14.2. The molecule has 5 heteroatoms. The fraction of sp³-hybridized carbons (Fsp3) is 0.316. The molecule has 1 fully saturated rings. The van der Waals surface area contributed by atoms with Gasteiger partial charge in [0, 0.05) is 23.8 Å². The van der Waals surface area contributed by atoms with Crippen LogP contribution in [0.5, 0.6) is 0 Å². The van der Waals surface area contributed by atoms with E-state index in [1.165, 1.54) is 0 Å². The number of hydrogen-bond donors (Lipinski definition) is 1. The SMILES string of the molecule is O=C(N1CCC[C@H](O)C1)N(Cc1ccccc1)c1ccc(Cl)cc1. The molecular formula is C19H21ClN2O2. The maximum atomic E-state index is 13.0. The Hall–Kier alpha value is -2.04. The molecule has 1 N–H and O–H groups in total. The number of benzene rings is 2. The maximum Gasteiger partial charge on any atom is 0.324 e. The largest absolute Gasteiger partial charge is 0.391 e. The van der Waals surface area contributed by atoms with E-state index in [1.807, 2.05) is 42.5 Å². The van der Waals surface area contributed by atoms with Gasteiger partial charge in [0.2, 0.25) is 0 Å². The molecule has 4 nitrogen and oxygen atoms in total. The smallest absolute Gasteiger partial charge is 0.324 e. The van der Waals surface area contributed by atoms with Crippen LogP contribution in [0.3, 0.4) is 0 Å². The van der Waals surface area contributed by atoms with E-state index in [0.29, 0.717) is 24.7 Å². The number of aliphatic hydroxyl groups excluding tert-OH is 1. The van der Waals surface area contributed by atoms with Gasteiger partial charge in [0.05, 0.1) is 12.6 Å². The number of piperidine rings is 1. The van der Waals surface area contributed by atoms with E-state index < -0.39 is 6.10 Å². The Bertz CT molecular complexity index is 676. The van der Waals surface area contributed by atoms with Gasteiger partial charge >= 0.3 is 6.03 Å². The Morgan fingerprint density at radius 2 is 1.88 bits per heavy atom. The molecule has 0 saturated carbocycles. The van der Waals surface area contributed by atoms with Crippen LogP contribution in [0.15, 0.2) is 54.6 Å². The monoisotopic (exact) mass is 344 g/mol. The first-order valence-electron chi connectivity index (χ1n) is 8.17. The zero-order valence-electron chi connectivity index (χ0n) is 13.4. The predicted octanol–water partition coefficient (Wildman–Crippen LogP) is 3.92. The van der Waals surface area contributed by atoms with Crippen LogP contribution < -0.4 is 4.90 Å². The highest BCUT2D eigenvalue weighted by Gasteiger charge is 2.27. The predicted molar refractivity (Wildman–Crippen MR) is 96.3 cm³/mol. The second kappa shape index (κ2) is 7.69. The van der Waals surface area contributed by atoms with Crippen molar-refractivity contribution in [2.75, 3.05) is 18.0 Å². The van der Waals surface area contributed by atoms with Gasteiger partial charge in [-0.1, -0.05) is 41.9 Å². The summed E-state index contributed by atoms with van der Waals surface area (Å²) >= 11 is 5.98. The first-order valence-corrected chi connectivity index (χ1v) is 8.55. The van der Waals surface area contributed by atoms with Crippen LogP contribution in [0, 0.1) is 0 Å². The van der Waals surface area contributed by atoms with Crippen LogP contribution in [0.4, 0.5) is 10.5 Å².